The summed E-state index contributed by atoms with van der Waals surface area (Å²) in [5, 5.41) is 0. The summed E-state index contributed by atoms with van der Waals surface area (Å²) in [6, 6.07) is 6.71. The van der Waals surface area contributed by atoms with Crippen molar-refractivity contribution in [2.24, 2.45) is 0 Å². The highest BCUT2D eigenvalue weighted by atomic mass is 15.1. The molecule has 0 radical (unpaired) electrons. The Hall–Kier alpha value is -0.820. The van der Waals surface area contributed by atoms with E-state index in [-0.39, 0.29) is 0 Å². The largest absolute Gasteiger partial charge is 0.303 e. The average Bonchev–Trinajstić information content (AvgIpc) is 2.30. The Bertz CT molecular complexity index is 348. The zero-order chi connectivity index (χ0) is 12.3. The van der Waals surface area contributed by atoms with E-state index in [1.807, 2.05) is 0 Å². The predicted octanol–water partition coefficient (Wildman–Crippen LogP) is 3.89. The zero-order valence-corrected chi connectivity index (χ0v) is 11.5. The summed E-state index contributed by atoms with van der Waals surface area (Å²) in [6.45, 7) is 10.6. The summed E-state index contributed by atoms with van der Waals surface area (Å²) < 4.78 is 0. The van der Waals surface area contributed by atoms with Gasteiger partial charge in [0.05, 0.1) is 0 Å². The topological polar surface area (TPSA) is 3.24 Å². The van der Waals surface area contributed by atoms with Gasteiger partial charge in [0.15, 0.2) is 0 Å². The van der Waals surface area contributed by atoms with Crippen LogP contribution in [0.25, 0.3) is 0 Å². The number of benzene rings is 1. The maximum absolute atomic E-state index is 2.64. The number of rotatable bonds is 3. The fourth-order valence-corrected chi connectivity index (χ4v) is 3.28. The first kappa shape index (κ1) is 12.6. The summed E-state index contributed by atoms with van der Waals surface area (Å²) in [7, 11) is 0. The second-order valence-corrected chi connectivity index (χ2v) is 5.45. The molecule has 0 saturated carbocycles. The van der Waals surface area contributed by atoms with Crippen molar-refractivity contribution >= 4 is 0 Å². The van der Waals surface area contributed by atoms with Crippen molar-refractivity contribution in [3.8, 4) is 0 Å². The maximum atomic E-state index is 2.64. The minimum absolute atomic E-state index is 0.761. The van der Waals surface area contributed by atoms with Crippen molar-refractivity contribution in [1.82, 2.24) is 4.90 Å². The molecule has 1 saturated heterocycles. The number of piperidine rings is 1. The van der Waals surface area contributed by atoms with E-state index in [2.05, 4.69) is 43.9 Å². The second kappa shape index (κ2) is 5.68. The van der Waals surface area contributed by atoms with E-state index in [9.17, 15) is 0 Å². The van der Waals surface area contributed by atoms with Gasteiger partial charge in [0, 0.05) is 6.54 Å². The molecule has 0 N–H and O–H groups in total. The predicted molar refractivity (Wildman–Crippen MR) is 74.6 cm³/mol. The van der Waals surface area contributed by atoms with Crippen LogP contribution in [-0.2, 0) is 0 Å². The minimum Gasteiger partial charge on any atom is -0.303 e. The van der Waals surface area contributed by atoms with Crippen LogP contribution in [0.15, 0.2) is 18.2 Å². The van der Waals surface area contributed by atoms with Crippen molar-refractivity contribution in [3.05, 3.63) is 34.9 Å². The van der Waals surface area contributed by atoms with Crippen LogP contribution < -0.4 is 0 Å². The number of hydrogen-bond acceptors (Lipinski definition) is 1. The summed E-state index contributed by atoms with van der Waals surface area (Å²) >= 11 is 0. The highest BCUT2D eigenvalue weighted by Crippen LogP contribution is 2.31. The quantitative estimate of drug-likeness (QED) is 0.763. The number of hydrogen-bond donors (Lipinski definition) is 0. The van der Waals surface area contributed by atoms with E-state index >= 15 is 0 Å². The Balaban J connectivity index is 2.16. The molecule has 1 aromatic rings. The first-order valence-electron chi connectivity index (χ1n) is 7.00. The number of aryl methyl sites for hydroxylation is 2. The summed E-state index contributed by atoms with van der Waals surface area (Å²) in [4.78, 5) is 2.64. The van der Waals surface area contributed by atoms with Crippen LogP contribution in [0.1, 0.15) is 48.8 Å². The third-order valence-electron chi connectivity index (χ3n) is 4.00. The van der Waals surface area contributed by atoms with Crippen LogP contribution in [0.5, 0.6) is 0 Å². The molecule has 94 valence electrons. The molecule has 1 fully saturated rings. The lowest BCUT2D eigenvalue weighted by atomic mass is 9.85. The van der Waals surface area contributed by atoms with Crippen molar-refractivity contribution in [1.29, 1.82) is 0 Å². The molecule has 1 aliphatic heterocycles. The van der Waals surface area contributed by atoms with E-state index < -0.39 is 0 Å². The Morgan fingerprint density at radius 2 is 1.94 bits per heavy atom. The van der Waals surface area contributed by atoms with E-state index in [4.69, 9.17) is 0 Å². The van der Waals surface area contributed by atoms with Crippen molar-refractivity contribution in [3.63, 3.8) is 0 Å². The van der Waals surface area contributed by atoms with Crippen LogP contribution in [0, 0.1) is 13.8 Å². The number of likely N-dealkylation sites (tertiary alicyclic amines) is 1. The summed E-state index contributed by atoms with van der Waals surface area (Å²) in [5.74, 6) is 0.761. The first-order chi connectivity index (χ1) is 8.22. The van der Waals surface area contributed by atoms with Crippen LogP contribution in [0.4, 0.5) is 0 Å². The van der Waals surface area contributed by atoms with E-state index in [1.165, 1.54) is 50.0 Å². The third-order valence-corrected chi connectivity index (χ3v) is 4.00. The van der Waals surface area contributed by atoms with Gasteiger partial charge in [0.25, 0.3) is 0 Å². The Morgan fingerprint density at radius 1 is 1.24 bits per heavy atom. The molecule has 0 bridgehead atoms. The van der Waals surface area contributed by atoms with Crippen LogP contribution in [0.3, 0.4) is 0 Å². The minimum atomic E-state index is 0.761. The molecule has 1 heteroatoms. The van der Waals surface area contributed by atoms with Gasteiger partial charge in [0.2, 0.25) is 0 Å². The number of nitrogens with zero attached hydrogens (tertiary/aromatic N) is 1. The van der Waals surface area contributed by atoms with Gasteiger partial charge < -0.3 is 4.90 Å². The van der Waals surface area contributed by atoms with Crippen molar-refractivity contribution in [2.75, 3.05) is 19.6 Å². The van der Waals surface area contributed by atoms with Gasteiger partial charge in [-0.3, -0.25) is 0 Å². The molecule has 0 spiro atoms. The van der Waals surface area contributed by atoms with Crippen LogP contribution in [-0.4, -0.2) is 24.5 Å². The molecular formula is C16H25N. The monoisotopic (exact) mass is 231 g/mol. The molecule has 1 aromatic carbocycles. The molecule has 17 heavy (non-hydrogen) atoms. The molecular weight excluding hydrogens is 206 g/mol. The molecule has 1 atom stereocenters. The molecule has 1 aliphatic rings. The first-order valence-corrected chi connectivity index (χ1v) is 7.00. The van der Waals surface area contributed by atoms with Gasteiger partial charge in [0.1, 0.15) is 0 Å². The Labute approximate surface area is 106 Å². The van der Waals surface area contributed by atoms with Gasteiger partial charge >= 0.3 is 0 Å². The van der Waals surface area contributed by atoms with Gasteiger partial charge in [-0.15, -0.1) is 0 Å². The standard InChI is InChI=1S/C16H25N/c1-4-10-17-11-6-9-15(12-17)16-13(2)7-5-8-14(16)3/h5,7-8,15H,4,6,9-12H2,1-3H3/t15-/m0/s1. The molecule has 0 amide bonds. The normalized spacial score (nSPS) is 21.7. The van der Waals surface area contributed by atoms with Crippen molar-refractivity contribution < 1.29 is 0 Å². The lowest BCUT2D eigenvalue weighted by Gasteiger charge is -2.34. The molecule has 0 aromatic heterocycles. The highest BCUT2D eigenvalue weighted by Gasteiger charge is 2.22. The maximum Gasteiger partial charge on any atom is 0.00505 e. The molecule has 0 unspecified atom stereocenters. The highest BCUT2D eigenvalue weighted by molar-refractivity contribution is 5.37. The van der Waals surface area contributed by atoms with E-state index in [0.717, 1.165) is 5.92 Å². The van der Waals surface area contributed by atoms with Gasteiger partial charge in [-0.05, 0) is 68.8 Å². The van der Waals surface area contributed by atoms with Crippen molar-refractivity contribution in [2.45, 2.75) is 46.0 Å². The zero-order valence-electron chi connectivity index (χ0n) is 11.5. The molecule has 1 nitrogen and oxygen atoms in total. The Morgan fingerprint density at radius 3 is 2.59 bits per heavy atom. The smallest absolute Gasteiger partial charge is 0.00505 e. The van der Waals surface area contributed by atoms with Gasteiger partial charge in [-0.1, -0.05) is 25.1 Å². The van der Waals surface area contributed by atoms with E-state index in [1.54, 1.807) is 5.56 Å². The second-order valence-electron chi connectivity index (χ2n) is 5.45. The lowest BCUT2D eigenvalue weighted by Crippen LogP contribution is -2.35. The lowest BCUT2D eigenvalue weighted by molar-refractivity contribution is 0.208. The average molecular weight is 231 g/mol. The molecule has 1 heterocycles. The van der Waals surface area contributed by atoms with Crippen LogP contribution in [0.2, 0.25) is 0 Å². The van der Waals surface area contributed by atoms with E-state index in [0.29, 0.717) is 0 Å². The fourth-order valence-electron chi connectivity index (χ4n) is 3.28. The van der Waals surface area contributed by atoms with Crippen LogP contribution >= 0.6 is 0 Å². The van der Waals surface area contributed by atoms with Gasteiger partial charge in [-0.2, -0.15) is 0 Å². The Kier molecular flexibility index (Phi) is 4.22. The third kappa shape index (κ3) is 2.90. The summed E-state index contributed by atoms with van der Waals surface area (Å²) in [6.07, 6.45) is 4.00. The van der Waals surface area contributed by atoms with Gasteiger partial charge in [-0.25, -0.2) is 0 Å². The molecule has 2 rings (SSSR count). The molecule has 0 aliphatic carbocycles. The fraction of sp³-hybridized carbons (Fsp3) is 0.625. The SMILES string of the molecule is CCCN1CCC[C@H](c2c(C)cccc2C)C1. The summed E-state index contributed by atoms with van der Waals surface area (Å²) in [5.41, 5.74) is 4.58.